The number of esters is 1. The number of ether oxygens (including phenoxy) is 1. The maximum atomic E-state index is 12.9. The quantitative estimate of drug-likeness (QED) is 0.180. The molecule has 0 aliphatic rings. The molecule has 0 saturated heterocycles. The molecule has 34 heavy (non-hydrogen) atoms. The molecule has 1 heterocycles. The van der Waals surface area contributed by atoms with E-state index in [-0.39, 0.29) is 0 Å². The highest BCUT2D eigenvalue weighted by Gasteiger charge is 2.16. The van der Waals surface area contributed by atoms with Crippen molar-refractivity contribution >= 4 is 44.8 Å². The summed E-state index contributed by atoms with van der Waals surface area (Å²) in [6, 6.07) is 34.7. The van der Waals surface area contributed by atoms with Crippen LogP contribution in [0.3, 0.4) is 0 Å². The van der Waals surface area contributed by atoms with Gasteiger partial charge in [-0.25, -0.2) is 9.78 Å². The molecule has 0 amide bonds. The van der Waals surface area contributed by atoms with E-state index in [0.717, 1.165) is 26.6 Å². The Morgan fingerprint density at radius 3 is 2.15 bits per heavy atom. The second kappa shape index (κ2) is 9.89. The van der Waals surface area contributed by atoms with Crippen molar-refractivity contribution in [2.24, 2.45) is 0 Å². The van der Waals surface area contributed by atoms with E-state index >= 15 is 0 Å². The molecule has 0 aliphatic heterocycles. The summed E-state index contributed by atoms with van der Waals surface area (Å²) in [5.74, 6) is 0.735. The van der Waals surface area contributed by atoms with E-state index in [4.69, 9.17) is 9.72 Å². The lowest BCUT2D eigenvalue weighted by Gasteiger charge is -2.12. The Bertz CT molecular complexity index is 1470. The van der Waals surface area contributed by atoms with Crippen LogP contribution in [0.5, 0.6) is 0 Å². The summed E-state index contributed by atoms with van der Waals surface area (Å²) in [6.07, 6.45) is 1.84. The molecule has 0 fully saturated rings. The maximum absolute atomic E-state index is 12.9. The number of fused-ring (bicyclic) bond motifs is 1. The first-order valence-electron chi connectivity index (χ1n) is 10.9. The number of nitrogens with zero attached hydrogens (tertiary/aromatic N) is 2. The summed E-state index contributed by atoms with van der Waals surface area (Å²) < 4.78 is 9.07. The average Bonchev–Trinajstić information content (AvgIpc) is 3.23. The number of imidazole rings is 1. The van der Waals surface area contributed by atoms with Gasteiger partial charge in [-0.15, -0.1) is 0 Å². The van der Waals surface area contributed by atoms with Crippen LogP contribution in [0.1, 0.15) is 27.3 Å². The van der Waals surface area contributed by atoms with Crippen LogP contribution in [-0.4, -0.2) is 15.5 Å². The molecular weight excluding hydrogens is 488 g/mol. The second-order valence-electron chi connectivity index (χ2n) is 7.77. The molecule has 0 radical (unpaired) electrons. The first-order valence-corrected chi connectivity index (χ1v) is 11.7. The van der Waals surface area contributed by atoms with E-state index < -0.39 is 5.97 Å². The summed E-state index contributed by atoms with van der Waals surface area (Å²) in [4.78, 5) is 17.8. The van der Waals surface area contributed by atoms with Crippen molar-refractivity contribution in [2.75, 3.05) is 0 Å². The monoisotopic (exact) mass is 508 g/mol. The zero-order valence-corrected chi connectivity index (χ0v) is 19.9. The third kappa shape index (κ3) is 4.70. The van der Waals surface area contributed by atoms with Gasteiger partial charge in [0.05, 0.1) is 23.1 Å². The molecule has 166 valence electrons. The number of halogens is 1. The first kappa shape index (κ1) is 21.9. The molecular formula is C29H21BrN2O2. The predicted molar refractivity (Wildman–Crippen MR) is 139 cm³/mol. The average molecular weight is 509 g/mol. The van der Waals surface area contributed by atoms with Gasteiger partial charge in [0.15, 0.2) is 0 Å². The van der Waals surface area contributed by atoms with Crippen molar-refractivity contribution in [1.82, 2.24) is 9.55 Å². The fraction of sp³-hybridized carbons (Fsp3) is 0.0345. The second-order valence-corrected chi connectivity index (χ2v) is 8.62. The van der Waals surface area contributed by atoms with Crippen LogP contribution in [0.15, 0.2) is 114 Å². The minimum Gasteiger partial charge on any atom is -0.422 e. The summed E-state index contributed by atoms with van der Waals surface area (Å²) >= 11 is 3.66. The molecule has 0 aliphatic carbocycles. The fourth-order valence-corrected chi connectivity index (χ4v) is 4.20. The van der Waals surface area contributed by atoms with Gasteiger partial charge in [0, 0.05) is 16.1 Å². The molecule has 5 aromatic rings. The number of carbonyl (C=O) groups is 1. The van der Waals surface area contributed by atoms with Gasteiger partial charge in [0.25, 0.3) is 0 Å². The number of rotatable bonds is 6. The molecule has 0 bridgehead atoms. The van der Waals surface area contributed by atoms with Gasteiger partial charge >= 0.3 is 5.97 Å². The molecule has 1 aromatic heterocycles. The molecule has 4 nitrogen and oxygen atoms in total. The van der Waals surface area contributed by atoms with Gasteiger partial charge in [-0.2, -0.15) is 0 Å². The van der Waals surface area contributed by atoms with Crippen LogP contribution < -0.4 is 0 Å². The van der Waals surface area contributed by atoms with Gasteiger partial charge in [-0.3, -0.25) is 0 Å². The van der Waals surface area contributed by atoms with Crippen LogP contribution in [0.25, 0.3) is 22.9 Å². The molecule has 0 unspecified atom stereocenters. The number of hydrogen-bond acceptors (Lipinski definition) is 3. The smallest absolute Gasteiger partial charge is 0.343 e. The molecule has 0 atom stereocenters. The minimum atomic E-state index is -0.413. The Kier molecular flexibility index (Phi) is 6.36. The highest BCUT2D eigenvalue weighted by Crippen LogP contribution is 2.26. The lowest BCUT2D eigenvalue weighted by Crippen LogP contribution is -2.06. The van der Waals surface area contributed by atoms with E-state index in [1.807, 2.05) is 91.0 Å². The zero-order chi connectivity index (χ0) is 23.3. The molecule has 5 heteroatoms. The van der Waals surface area contributed by atoms with Crippen LogP contribution in [0, 0.1) is 0 Å². The summed E-state index contributed by atoms with van der Waals surface area (Å²) in [5, 5.41) is 0. The SMILES string of the molecule is O=C(O/C(=C\c1nc2ccccc2n1Cc1ccccc1Br)c1ccccc1)c1ccccc1. The topological polar surface area (TPSA) is 44.1 Å². The van der Waals surface area contributed by atoms with Crippen molar-refractivity contribution in [2.45, 2.75) is 6.54 Å². The summed E-state index contributed by atoms with van der Waals surface area (Å²) in [7, 11) is 0. The Hall–Kier alpha value is -3.96. The highest BCUT2D eigenvalue weighted by molar-refractivity contribution is 9.10. The van der Waals surface area contributed by atoms with E-state index in [2.05, 4.69) is 32.6 Å². The number of hydrogen-bond donors (Lipinski definition) is 0. The third-order valence-electron chi connectivity index (χ3n) is 5.50. The number of carbonyl (C=O) groups excluding carboxylic acids is 1. The summed E-state index contributed by atoms with van der Waals surface area (Å²) in [5.41, 5.74) is 4.30. The molecule has 4 aromatic carbocycles. The minimum absolute atomic E-state index is 0.413. The van der Waals surface area contributed by atoms with Crippen molar-refractivity contribution in [3.05, 3.63) is 136 Å². The highest BCUT2D eigenvalue weighted by atomic mass is 79.9. The number of para-hydroxylation sites is 2. The molecule has 0 spiro atoms. The maximum Gasteiger partial charge on any atom is 0.343 e. The number of aromatic nitrogens is 2. The van der Waals surface area contributed by atoms with E-state index in [1.165, 1.54) is 0 Å². The first-order chi connectivity index (χ1) is 16.7. The van der Waals surface area contributed by atoms with Crippen LogP contribution in [0.4, 0.5) is 0 Å². The van der Waals surface area contributed by atoms with Crippen LogP contribution in [0.2, 0.25) is 0 Å². The lowest BCUT2D eigenvalue weighted by atomic mass is 10.1. The van der Waals surface area contributed by atoms with Crippen molar-refractivity contribution in [3.63, 3.8) is 0 Å². The van der Waals surface area contributed by atoms with Crippen molar-refractivity contribution in [3.8, 4) is 0 Å². The summed E-state index contributed by atoms with van der Waals surface area (Å²) in [6.45, 7) is 0.614. The van der Waals surface area contributed by atoms with Crippen molar-refractivity contribution < 1.29 is 9.53 Å². The Labute approximate surface area is 206 Å². The van der Waals surface area contributed by atoms with Gasteiger partial charge in [0.1, 0.15) is 11.6 Å². The van der Waals surface area contributed by atoms with Crippen molar-refractivity contribution in [1.29, 1.82) is 0 Å². The lowest BCUT2D eigenvalue weighted by molar-refractivity contribution is 0.0693. The molecule has 5 rings (SSSR count). The Morgan fingerprint density at radius 1 is 0.794 bits per heavy atom. The Balaban J connectivity index is 1.62. The predicted octanol–water partition coefficient (Wildman–Crippen LogP) is 7.20. The van der Waals surface area contributed by atoms with Crippen LogP contribution in [-0.2, 0) is 11.3 Å². The Morgan fingerprint density at radius 2 is 1.41 bits per heavy atom. The molecule has 0 N–H and O–H groups in total. The van der Waals surface area contributed by atoms with Gasteiger partial charge < -0.3 is 9.30 Å². The van der Waals surface area contributed by atoms with E-state index in [9.17, 15) is 4.79 Å². The molecule has 0 saturated carbocycles. The van der Waals surface area contributed by atoms with Gasteiger partial charge in [-0.1, -0.05) is 94.8 Å². The van der Waals surface area contributed by atoms with Gasteiger partial charge in [-0.05, 0) is 35.9 Å². The van der Waals surface area contributed by atoms with E-state index in [0.29, 0.717) is 23.7 Å². The zero-order valence-electron chi connectivity index (χ0n) is 18.3. The third-order valence-corrected chi connectivity index (χ3v) is 6.27. The normalized spacial score (nSPS) is 11.5. The fourth-order valence-electron chi connectivity index (χ4n) is 3.79. The largest absolute Gasteiger partial charge is 0.422 e. The number of benzene rings is 4. The van der Waals surface area contributed by atoms with E-state index in [1.54, 1.807) is 12.1 Å². The van der Waals surface area contributed by atoms with Gasteiger partial charge in [0.2, 0.25) is 0 Å². The standard InChI is InChI=1S/C29H21BrN2O2/c30-24-16-8-7-15-23(24)20-32-26-18-10-9-17-25(26)31-28(32)19-27(21-11-3-1-4-12-21)34-29(33)22-13-5-2-6-14-22/h1-19H,20H2/b27-19-. The van der Waals surface area contributed by atoms with Crippen LogP contribution >= 0.6 is 15.9 Å².